The van der Waals surface area contributed by atoms with Crippen molar-refractivity contribution in [3.8, 4) is 11.3 Å². The summed E-state index contributed by atoms with van der Waals surface area (Å²) in [7, 11) is 0. The summed E-state index contributed by atoms with van der Waals surface area (Å²) in [6.07, 6.45) is 3.52. The van der Waals surface area contributed by atoms with Crippen molar-refractivity contribution in [1.82, 2.24) is 9.97 Å². The van der Waals surface area contributed by atoms with Crippen molar-refractivity contribution in [3.05, 3.63) is 57.6 Å². The van der Waals surface area contributed by atoms with Crippen LogP contribution in [0.1, 0.15) is 4.88 Å². The number of rotatable bonds is 4. The smallest absolute Gasteiger partial charge is 0.0924 e. The molecule has 0 aliphatic rings. The number of anilines is 1. The van der Waals surface area contributed by atoms with Crippen LogP contribution >= 0.6 is 27.3 Å². The first-order chi connectivity index (χ1) is 9.31. The van der Waals surface area contributed by atoms with Gasteiger partial charge in [-0.2, -0.15) is 0 Å². The highest BCUT2D eigenvalue weighted by molar-refractivity contribution is 9.11. The number of benzene rings is 1. The average molecular weight is 334 g/mol. The van der Waals surface area contributed by atoms with Gasteiger partial charge in [-0.05, 0) is 45.8 Å². The summed E-state index contributed by atoms with van der Waals surface area (Å²) in [5, 5.41) is 3.41. The van der Waals surface area contributed by atoms with Crippen molar-refractivity contribution in [1.29, 1.82) is 0 Å². The van der Waals surface area contributed by atoms with Crippen LogP contribution in [0.5, 0.6) is 0 Å². The second kappa shape index (κ2) is 5.59. The van der Waals surface area contributed by atoms with E-state index in [1.54, 1.807) is 17.7 Å². The molecule has 5 heteroatoms. The average Bonchev–Trinajstić information content (AvgIpc) is 3.08. The number of thiophene rings is 1. The molecule has 3 rings (SSSR count). The molecule has 3 aromatic rings. The Hall–Kier alpha value is -1.59. The van der Waals surface area contributed by atoms with E-state index in [0.29, 0.717) is 0 Å². The summed E-state index contributed by atoms with van der Waals surface area (Å²) < 4.78 is 1.17. The maximum atomic E-state index is 4.03. The molecule has 0 aliphatic carbocycles. The van der Waals surface area contributed by atoms with Crippen LogP contribution in [-0.2, 0) is 6.54 Å². The lowest BCUT2D eigenvalue weighted by molar-refractivity contribution is 1.19. The lowest BCUT2D eigenvalue weighted by Gasteiger charge is -2.05. The van der Waals surface area contributed by atoms with Gasteiger partial charge < -0.3 is 10.3 Å². The number of hydrogen-bond acceptors (Lipinski definition) is 3. The Balaban J connectivity index is 1.66. The fourth-order valence-corrected chi connectivity index (χ4v) is 3.24. The van der Waals surface area contributed by atoms with Crippen LogP contribution in [0.4, 0.5) is 5.69 Å². The fourth-order valence-electron chi connectivity index (χ4n) is 1.82. The van der Waals surface area contributed by atoms with Gasteiger partial charge in [0.25, 0.3) is 0 Å². The summed E-state index contributed by atoms with van der Waals surface area (Å²) in [5.41, 5.74) is 3.29. The topological polar surface area (TPSA) is 40.7 Å². The summed E-state index contributed by atoms with van der Waals surface area (Å²) in [5.74, 6) is 0. The number of nitrogens with one attached hydrogen (secondary N) is 2. The van der Waals surface area contributed by atoms with E-state index >= 15 is 0 Å². The van der Waals surface area contributed by atoms with Crippen LogP contribution in [0.2, 0.25) is 0 Å². The molecular weight excluding hydrogens is 322 g/mol. The van der Waals surface area contributed by atoms with Crippen molar-refractivity contribution >= 4 is 33.0 Å². The largest absolute Gasteiger partial charge is 0.380 e. The van der Waals surface area contributed by atoms with E-state index in [4.69, 9.17) is 0 Å². The van der Waals surface area contributed by atoms with Crippen molar-refractivity contribution in [2.75, 3.05) is 5.32 Å². The van der Waals surface area contributed by atoms with E-state index in [9.17, 15) is 0 Å². The highest BCUT2D eigenvalue weighted by Gasteiger charge is 2.00. The van der Waals surface area contributed by atoms with Crippen LogP contribution in [-0.4, -0.2) is 9.97 Å². The minimum Gasteiger partial charge on any atom is -0.380 e. The fraction of sp³-hybridized carbons (Fsp3) is 0.0714. The van der Waals surface area contributed by atoms with Gasteiger partial charge in [0.1, 0.15) is 0 Å². The Bertz CT molecular complexity index is 644. The molecule has 2 aromatic heterocycles. The molecule has 0 fully saturated rings. The molecule has 96 valence electrons. The van der Waals surface area contributed by atoms with Crippen LogP contribution < -0.4 is 5.32 Å². The Morgan fingerprint density at radius 3 is 2.63 bits per heavy atom. The van der Waals surface area contributed by atoms with Crippen molar-refractivity contribution in [2.45, 2.75) is 6.54 Å². The van der Waals surface area contributed by atoms with E-state index in [0.717, 1.165) is 23.5 Å². The van der Waals surface area contributed by atoms with Gasteiger partial charge in [0.15, 0.2) is 0 Å². The quantitative estimate of drug-likeness (QED) is 0.737. The summed E-state index contributed by atoms with van der Waals surface area (Å²) in [6, 6.07) is 12.5. The first-order valence-electron chi connectivity index (χ1n) is 5.88. The Morgan fingerprint density at radius 1 is 1.16 bits per heavy atom. The standard InChI is InChI=1S/C14H12BrN3S/c15-14-6-5-12(19-14)7-17-11-3-1-10(2-4-11)13-8-16-9-18-13/h1-6,8-9,17H,7H2,(H,16,18). The molecule has 0 radical (unpaired) electrons. The van der Waals surface area contributed by atoms with Gasteiger partial charge in [-0.1, -0.05) is 12.1 Å². The monoisotopic (exact) mass is 333 g/mol. The molecular formula is C14H12BrN3S. The number of imidazole rings is 1. The zero-order valence-corrected chi connectivity index (χ0v) is 12.5. The summed E-state index contributed by atoms with van der Waals surface area (Å²) in [6.45, 7) is 0.847. The first kappa shape index (κ1) is 12.4. The van der Waals surface area contributed by atoms with E-state index < -0.39 is 0 Å². The second-order valence-corrected chi connectivity index (χ2v) is 6.65. The number of halogens is 1. The van der Waals surface area contributed by atoms with Crippen LogP contribution in [0, 0.1) is 0 Å². The molecule has 0 saturated heterocycles. The molecule has 0 bridgehead atoms. The Labute approximate surface area is 123 Å². The third-order valence-electron chi connectivity index (χ3n) is 2.79. The minimum atomic E-state index is 0.847. The van der Waals surface area contributed by atoms with Crippen LogP contribution in [0.25, 0.3) is 11.3 Å². The predicted octanol–water partition coefficient (Wildman–Crippen LogP) is 4.51. The van der Waals surface area contributed by atoms with Crippen LogP contribution in [0.15, 0.2) is 52.7 Å². The van der Waals surface area contributed by atoms with E-state index in [1.807, 2.05) is 6.20 Å². The van der Waals surface area contributed by atoms with Crippen LogP contribution in [0.3, 0.4) is 0 Å². The number of hydrogen-bond donors (Lipinski definition) is 2. The van der Waals surface area contributed by atoms with Crippen molar-refractivity contribution in [2.24, 2.45) is 0 Å². The molecule has 0 atom stereocenters. The minimum absolute atomic E-state index is 0.847. The Kier molecular flexibility index (Phi) is 3.66. The van der Waals surface area contributed by atoms with E-state index in [2.05, 4.69) is 67.6 Å². The molecule has 1 aromatic carbocycles. The van der Waals surface area contributed by atoms with Gasteiger partial charge in [-0.25, -0.2) is 4.98 Å². The number of nitrogens with zero attached hydrogens (tertiary/aromatic N) is 1. The molecule has 0 amide bonds. The van der Waals surface area contributed by atoms with Gasteiger partial charge in [-0.3, -0.25) is 0 Å². The van der Waals surface area contributed by atoms with Gasteiger partial charge in [0.2, 0.25) is 0 Å². The zero-order chi connectivity index (χ0) is 13.1. The van der Waals surface area contributed by atoms with Crippen molar-refractivity contribution in [3.63, 3.8) is 0 Å². The maximum Gasteiger partial charge on any atom is 0.0924 e. The number of H-pyrrole nitrogens is 1. The number of aromatic nitrogens is 2. The highest BCUT2D eigenvalue weighted by Crippen LogP contribution is 2.23. The summed E-state index contributed by atoms with van der Waals surface area (Å²) in [4.78, 5) is 8.43. The summed E-state index contributed by atoms with van der Waals surface area (Å²) >= 11 is 5.22. The van der Waals surface area contributed by atoms with Gasteiger partial charge in [-0.15, -0.1) is 11.3 Å². The lowest BCUT2D eigenvalue weighted by atomic mass is 10.1. The number of aromatic amines is 1. The molecule has 3 nitrogen and oxygen atoms in total. The zero-order valence-electron chi connectivity index (χ0n) is 10.1. The third kappa shape index (κ3) is 3.05. The SMILES string of the molecule is Brc1ccc(CNc2ccc(-c3cnc[nH]3)cc2)s1. The lowest BCUT2D eigenvalue weighted by Crippen LogP contribution is -1.96. The van der Waals surface area contributed by atoms with Gasteiger partial charge >= 0.3 is 0 Å². The predicted molar refractivity (Wildman–Crippen MR) is 83.4 cm³/mol. The molecule has 2 heterocycles. The van der Waals surface area contributed by atoms with Gasteiger partial charge in [0, 0.05) is 17.1 Å². The molecule has 0 aliphatic heterocycles. The third-order valence-corrected chi connectivity index (χ3v) is 4.41. The second-order valence-electron chi connectivity index (χ2n) is 4.10. The normalized spacial score (nSPS) is 10.6. The highest BCUT2D eigenvalue weighted by atomic mass is 79.9. The van der Waals surface area contributed by atoms with Crippen molar-refractivity contribution < 1.29 is 0 Å². The maximum absolute atomic E-state index is 4.03. The van der Waals surface area contributed by atoms with E-state index in [-0.39, 0.29) is 0 Å². The molecule has 19 heavy (non-hydrogen) atoms. The Morgan fingerprint density at radius 2 is 2.00 bits per heavy atom. The molecule has 0 saturated carbocycles. The molecule has 0 unspecified atom stereocenters. The van der Waals surface area contributed by atoms with Gasteiger partial charge in [0.05, 0.1) is 22.0 Å². The first-order valence-corrected chi connectivity index (χ1v) is 7.49. The molecule has 0 spiro atoms. The van der Waals surface area contributed by atoms with E-state index in [1.165, 1.54) is 8.66 Å². The molecule has 2 N–H and O–H groups in total.